The molecule has 2 N–H and O–H groups in total. The molecule has 0 unspecified atom stereocenters. The van der Waals surface area contributed by atoms with E-state index in [0.717, 1.165) is 0 Å². The second-order valence-electron chi connectivity index (χ2n) is 5.79. The molecule has 0 aliphatic rings. The summed E-state index contributed by atoms with van der Waals surface area (Å²) in [6.07, 6.45) is 0. The fraction of sp³-hybridized carbons (Fsp3) is 0.0476. The second kappa shape index (κ2) is 8.54. The first kappa shape index (κ1) is 19.4. The molecule has 0 saturated heterocycles. The van der Waals surface area contributed by atoms with Gasteiger partial charge in [-0.1, -0.05) is 29.8 Å². The monoisotopic (exact) mass is 398 g/mol. The maximum absolute atomic E-state index is 13.8. The lowest BCUT2D eigenvalue weighted by Gasteiger charge is -2.12. The van der Waals surface area contributed by atoms with E-state index in [9.17, 15) is 14.0 Å². The average Bonchev–Trinajstić information content (AvgIpc) is 2.69. The number of methoxy groups -OCH3 is 1. The lowest BCUT2D eigenvalue weighted by atomic mass is 10.1. The van der Waals surface area contributed by atoms with Crippen LogP contribution in [0.5, 0.6) is 0 Å². The molecule has 0 aliphatic carbocycles. The maximum atomic E-state index is 13.8. The number of carbonyl (C=O) groups excluding carboxylic acids is 2. The van der Waals surface area contributed by atoms with Crippen LogP contribution in [0.2, 0.25) is 5.02 Å². The number of nitrogens with one attached hydrogen (secondary N) is 2. The molecule has 5 nitrogen and oxygen atoms in total. The highest BCUT2D eigenvalue weighted by Gasteiger charge is 2.16. The van der Waals surface area contributed by atoms with E-state index < -0.39 is 17.7 Å². The summed E-state index contributed by atoms with van der Waals surface area (Å²) in [6, 6.07) is 17.7. The minimum Gasteiger partial charge on any atom is -0.465 e. The Kier molecular flexibility index (Phi) is 5.91. The van der Waals surface area contributed by atoms with Crippen LogP contribution in [0, 0.1) is 5.82 Å². The van der Waals surface area contributed by atoms with Gasteiger partial charge in [0.15, 0.2) is 0 Å². The van der Waals surface area contributed by atoms with Gasteiger partial charge in [0.05, 0.1) is 28.9 Å². The van der Waals surface area contributed by atoms with Crippen molar-refractivity contribution in [3.05, 3.63) is 88.7 Å². The number of anilines is 3. The average molecular weight is 399 g/mol. The number of para-hydroxylation sites is 1. The van der Waals surface area contributed by atoms with E-state index in [1.54, 1.807) is 48.5 Å². The van der Waals surface area contributed by atoms with Crippen molar-refractivity contribution in [3.8, 4) is 0 Å². The van der Waals surface area contributed by atoms with Crippen LogP contribution in [0.1, 0.15) is 20.7 Å². The lowest BCUT2D eigenvalue weighted by molar-refractivity contribution is 0.0601. The van der Waals surface area contributed by atoms with Crippen LogP contribution >= 0.6 is 11.6 Å². The number of carbonyl (C=O) groups is 2. The van der Waals surface area contributed by atoms with Gasteiger partial charge in [0.2, 0.25) is 0 Å². The largest absolute Gasteiger partial charge is 0.465 e. The molecule has 0 aromatic heterocycles. The van der Waals surface area contributed by atoms with Gasteiger partial charge in [0.1, 0.15) is 5.82 Å². The van der Waals surface area contributed by atoms with Gasteiger partial charge < -0.3 is 15.4 Å². The molecular formula is C21H16ClFN2O3. The normalized spacial score (nSPS) is 10.2. The van der Waals surface area contributed by atoms with Gasteiger partial charge in [-0.25, -0.2) is 9.18 Å². The molecule has 0 radical (unpaired) electrons. The van der Waals surface area contributed by atoms with Gasteiger partial charge in [-0.3, -0.25) is 4.79 Å². The SMILES string of the molecule is COC(=O)c1ccccc1Nc1ccc(NC(=O)c2c(F)cccc2Cl)cc1. The van der Waals surface area contributed by atoms with Gasteiger partial charge in [0.25, 0.3) is 5.91 Å². The molecule has 1 amide bonds. The third kappa shape index (κ3) is 4.29. The third-order valence-electron chi connectivity index (χ3n) is 3.94. The minimum absolute atomic E-state index is 0.0372. The van der Waals surface area contributed by atoms with Crippen LogP contribution in [-0.2, 0) is 4.74 Å². The van der Waals surface area contributed by atoms with Crippen LogP contribution in [0.25, 0.3) is 0 Å². The van der Waals surface area contributed by atoms with Crippen molar-refractivity contribution in [2.45, 2.75) is 0 Å². The standard InChI is InChI=1S/C21H16ClFN2O3/c1-28-21(27)15-5-2-3-8-18(15)24-13-9-11-14(12-10-13)25-20(26)19-16(22)6-4-7-17(19)23/h2-12,24H,1H3,(H,25,26). The first-order valence-corrected chi connectivity index (χ1v) is 8.67. The van der Waals surface area contributed by atoms with Crippen molar-refractivity contribution in [3.63, 3.8) is 0 Å². The Bertz CT molecular complexity index is 1000. The molecule has 3 aromatic carbocycles. The molecule has 0 aliphatic heterocycles. The molecule has 0 atom stereocenters. The minimum atomic E-state index is -0.692. The Morgan fingerprint density at radius 1 is 0.929 bits per heavy atom. The van der Waals surface area contributed by atoms with Crippen molar-refractivity contribution < 1.29 is 18.7 Å². The summed E-state index contributed by atoms with van der Waals surface area (Å²) >= 11 is 5.91. The summed E-state index contributed by atoms with van der Waals surface area (Å²) in [5.41, 5.74) is 1.94. The maximum Gasteiger partial charge on any atom is 0.339 e. The number of rotatable bonds is 5. The van der Waals surface area contributed by atoms with Crippen molar-refractivity contribution in [2.75, 3.05) is 17.7 Å². The fourth-order valence-corrected chi connectivity index (χ4v) is 2.83. The summed E-state index contributed by atoms with van der Waals surface area (Å²) in [7, 11) is 1.32. The highest BCUT2D eigenvalue weighted by atomic mass is 35.5. The van der Waals surface area contributed by atoms with Crippen molar-refractivity contribution >= 4 is 40.5 Å². The molecule has 0 fully saturated rings. The molecule has 7 heteroatoms. The van der Waals surface area contributed by atoms with Crippen LogP contribution in [0.15, 0.2) is 66.7 Å². The molecule has 0 heterocycles. The summed E-state index contributed by atoms with van der Waals surface area (Å²) in [6.45, 7) is 0. The smallest absolute Gasteiger partial charge is 0.339 e. The molecule has 3 rings (SSSR count). The molecule has 28 heavy (non-hydrogen) atoms. The van der Waals surface area contributed by atoms with Gasteiger partial charge >= 0.3 is 5.97 Å². The predicted molar refractivity (Wildman–Crippen MR) is 107 cm³/mol. The Hall–Kier alpha value is -3.38. The number of hydrogen-bond donors (Lipinski definition) is 2. The lowest BCUT2D eigenvalue weighted by Crippen LogP contribution is -2.14. The Morgan fingerprint density at radius 3 is 2.29 bits per heavy atom. The first-order valence-electron chi connectivity index (χ1n) is 8.29. The van der Waals surface area contributed by atoms with E-state index in [1.807, 2.05) is 0 Å². The number of amides is 1. The van der Waals surface area contributed by atoms with E-state index >= 15 is 0 Å². The Balaban J connectivity index is 1.74. The highest BCUT2D eigenvalue weighted by Crippen LogP contribution is 2.24. The fourth-order valence-electron chi connectivity index (χ4n) is 2.58. The Morgan fingerprint density at radius 2 is 1.61 bits per heavy atom. The summed E-state index contributed by atoms with van der Waals surface area (Å²) in [4.78, 5) is 24.1. The molecule has 0 spiro atoms. The number of benzene rings is 3. The van der Waals surface area contributed by atoms with E-state index in [0.29, 0.717) is 22.6 Å². The predicted octanol–water partition coefficient (Wildman–Crippen LogP) is 5.26. The van der Waals surface area contributed by atoms with E-state index in [1.165, 1.54) is 25.3 Å². The van der Waals surface area contributed by atoms with Gasteiger partial charge in [0, 0.05) is 11.4 Å². The Labute approximate surface area is 166 Å². The topological polar surface area (TPSA) is 67.4 Å². The summed E-state index contributed by atoms with van der Waals surface area (Å²) < 4.78 is 18.6. The van der Waals surface area contributed by atoms with Gasteiger partial charge in [-0.05, 0) is 48.5 Å². The molecule has 142 valence electrons. The number of halogens is 2. The van der Waals surface area contributed by atoms with Crippen molar-refractivity contribution in [2.24, 2.45) is 0 Å². The van der Waals surface area contributed by atoms with E-state index in [-0.39, 0.29) is 10.6 Å². The van der Waals surface area contributed by atoms with E-state index in [4.69, 9.17) is 16.3 Å². The number of hydrogen-bond acceptors (Lipinski definition) is 4. The van der Waals surface area contributed by atoms with Crippen molar-refractivity contribution in [1.29, 1.82) is 0 Å². The summed E-state index contributed by atoms with van der Waals surface area (Å²) in [5.74, 6) is -1.78. The number of esters is 1. The van der Waals surface area contributed by atoms with E-state index in [2.05, 4.69) is 10.6 Å². The van der Waals surface area contributed by atoms with Crippen LogP contribution < -0.4 is 10.6 Å². The molecule has 0 saturated carbocycles. The zero-order chi connectivity index (χ0) is 20.1. The quantitative estimate of drug-likeness (QED) is 0.575. The highest BCUT2D eigenvalue weighted by molar-refractivity contribution is 6.34. The zero-order valence-electron chi connectivity index (χ0n) is 14.8. The zero-order valence-corrected chi connectivity index (χ0v) is 15.6. The van der Waals surface area contributed by atoms with Crippen molar-refractivity contribution in [1.82, 2.24) is 0 Å². The van der Waals surface area contributed by atoms with Crippen LogP contribution in [0.4, 0.5) is 21.5 Å². The molecular weight excluding hydrogens is 383 g/mol. The van der Waals surface area contributed by atoms with Gasteiger partial charge in [-0.15, -0.1) is 0 Å². The molecule has 0 bridgehead atoms. The first-order chi connectivity index (χ1) is 13.5. The van der Waals surface area contributed by atoms with Crippen LogP contribution in [-0.4, -0.2) is 19.0 Å². The number of ether oxygens (including phenoxy) is 1. The third-order valence-corrected chi connectivity index (χ3v) is 4.26. The second-order valence-corrected chi connectivity index (χ2v) is 6.20. The summed E-state index contributed by atoms with van der Waals surface area (Å²) in [5, 5.41) is 5.77. The van der Waals surface area contributed by atoms with Gasteiger partial charge in [-0.2, -0.15) is 0 Å². The molecule has 3 aromatic rings. The van der Waals surface area contributed by atoms with Crippen LogP contribution in [0.3, 0.4) is 0 Å².